The smallest absolute Gasteiger partial charge is 0.243 e. The van der Waals surface area contributed by atoms with E-state index in [1.807, 2.05) is 6.26 Å². The minimum atomic E-state index is -3.57. The average molecular weight is 316 g/mol. The zero-order chi connectivity index (χ0) is 14.6. The molecule has 1 saturated carbocycles. The summed E-state index contributed by atoms with van der Waals surface area (Å²) in [7, 11) is -3.57. The predicted octanol–water partition coefficient (Wildman–Crippen LogP) is 1.40. The molecule has 6 nitrogen and oxygen atoms in total. The largest absolute Gasteiger partial charge is 0.368 e. The Kier molecular flexibility index (Phi) is 4.87. The number of aromatic nitrogens is 2. The van der Waals surface area contributed by atoms with E-state index in [0.717, 1.165) is 25.7 Å². The van der Waals surface area contributed by atoms with Gasteiger partial charge in [-0.3, -0.25) is 0 Å². The summed E-state index contributed by atoms with van der Waals surface area (Å²) in [5, 5.41) is 0. The molecule has 0 amide bonds. The van der Waals surface area contributed by atoms with Crippen LogP contribution in [0, 0.1) is 0 Å². The molecule has 1 aromatic heterocycles. The molecule has 20 heavy (non-hydrogen) atoms. The van der Waals surface area contributed by atoms with Gasteiger partial charge in [0.05, 0.1) is 12.4 Å². The minimum Gasteiger partial charge on any atom is -0.368 e. The fourth-order valence-electron chi connectivity index (χ4n) is 2.42. The monoisotopic (exact) mass is 316 g/mol. The summed E-state index contributed by atoms with van der Waals surface area (Å²) in [5.41, 5.74) is 5.36. The van der Waals surface area contributed by atoms with Crippen molar-refractivity contribution >= 4 is 27.7 Å². The first kappa shape index (κ1) is 15.5. The molecule has 0 atom stereocenters. The third-order valence-corrected chi connectivity index (χ3v) is 6.51. The molecule has 0 aliphatic heterocycles. The molecule has 1 aromatic rings. The molecular formula is C12H20N4O2S2. The van der Waals surface area contributed by atoms with E-state index in [-0.39, 0.29) is 15.6 Å². The summed E-state index contributed by atoms with van der Waals surface area (Å²) < 4.78 is 27.1. The molecular weight excluding hydrogens is 296 g/mol. The summed E-state index contributed by atoms with van der Waals surface area (Å²) in [6.45, 7) is 0.445. The van der Waals surface area contributed by atoms with Crippen molar-refractivity contribution in [2.24, 2.45) is 0 Å². The molecule has 0 spiro atoms. The number of rotatable bonds is 5. The first-order chi connectivity index (χ1) is 9.47. The lowest BCUT2D eigenvalue weighted by Gasteiger charge is -2.35. The van der Waals surface area contributed by atoms with Gasteiger partial charge in [0.25, 0.3) is 0 Å². The highest BCUT2D eigenvalue weighted by Crippen LogP contribution is 2.38. The number of sulfonamides is 1. The molecule has 2 rings (SSSR count). The number of thioether (sulfide) groups is 1. The van der Waals surface area contributed by atoms with Crippen LogP contribution in [0.3, 0.4) is 0 Å². The maximum Gasteiger partial charge on any atom is 0.243 e. The lowest BCUT2D eigenvalue weighted by atomic mass is 9.88. The van der Waals surface area contributed by atoms with Crippen LogP contribution in [0.4, 0.5) is 5.95 Å². The van der Waals surface area contributed by atoms with Gasteiger partial charge < -0.3 is 5.73 Å². The van der Waals surface area contributed by atoms with E-state index in [2.05, 4.69) is 14.7 Å². The second-order valence-corrected chi connectivity index (χ2v) is 8.09. The summed E-state index contributed by atoms with van der Waals surface area (Å²) in [5.74, 6) is 0.0665. The van der Waals surface area contributed by atoms with Crippen molar-refractivity contribution in [3.05, 3.63) is 12.4 Å². The lowest BCUT2D eigenvalue weighted by molar-refractivity contribution is 0.395. The Morgan fingerprint density at radius 2 is 1.90 bits per heavy atom. The number of nitrogens with two attached hydrogens (primary N) is 1. The van der Waals surface area contributed by atoms with E-state index < -0.39 is 10.0 Å². The SMILES string of the molecule is CSC1(CNS(=O)(=O)c2cnc(N)nc2)CCCCC1. The van der Waals surface area contributed by atoms with E-state index >= 15 is 0 Å². The van der Waals surface area contributed by atoms with Gasteiger partial charge >= 0.3 is 0 Å². The van der Waals surface area contributed by atoms with Crippen LogP contribution < -0.4 is 10.5 Å². The predicted molar refractivity (Wildman–Crippen MR) is 81.0 cm³/mol. The third-order valence-electron chi connectivity index (χ3n) is 3.74. The molecule has 0 aromatic carbocycles. The Bertz CT molecular complexity index is 539. The first-order valence-corrected chi connectivity index (χ1v) is 9.31. The summed E-state index contributed by atoms with van der Waals surface area (Å²) in [6, 6.07) is 0. The molecule has 1 aliphatic carbocycles. The highest BCUT2D eigenvalue weighted by molar-refractivity contribution is 8.00. The molecule has 3 N–H and O–H groups in total. The normalized spacial score (nSPS) is 18.9. The van der Waals surface area contributed by atoms with Gasteiger partial charge in [-0.05, 0) is 19.1 Å². The Labute approximate surface area is 124 Å². The second kappa shape index (κ2) is 6.28. The number of nitrogens with one attached hydrogen (secondary N) is 1. The highest BCUT2D eigenvalue weighted by Gasteiger charge is 2.32. The summed E-state index contributed by atoms with van der Waals surface area (Å²) >= 11 is 1.75. The molecule has 1 fully saturated rings. The van der Waals surface area contributed by atoms with Gasteiger partial charge in [0.2, 0.25) is 16.0 Å². The maximum absolute atomic E-state index is 12.2. The lowest BCUT2D eigenvalue weighted by Crippen LogP contribution is -2.41. The molecule has 0 unspecified atom stereocenters. The van der Waals surface area contributed by atoms with Crippen LogP contribution in [0.5, 0.6) is 0 Å². The zero-order valence-electron chi connectivity index (χ0n) is 11.5. The molecule has 0 radical (unpaired) electrons. The first-order valence-electron chi connectivity index (χ1n) is 6.60. The van der Waals surface area contributed by atoms with E-state index in [4.69, 9.17) is 5.73 Å². The van der Waals surface area contributed by atoms with E-state index in [1.54, 1.807) is 11.8 Å². The number of hydrogen-bond acceptors (Lipinski definition) is 6. The topological polar surface area (TPSA) is 98.0 Å². The average Bonchev–Trinajstić information content (AvgIpc) is 2.47. The van der Waals surface area contributed by atoms with Crippen molar-refractivity contribution < 1.29 is 8.42 Å². The van der Waals surface area contributed by atoms with Crippen LogP contribution >= 0.6 is 11.8 Å². The molecule has 1 aliphatic rings. The molecule has 0 bridgehead atoms. The third kappa shape index (κ3) is 3.62. The van der Waals surface area contributed by atoms with E-state index in [1.165, 1.54) is 18.8 Å². The van der Waals surface area contributed by atoms with Crippen molar-refractivity contribution in [3.63, 3.8) is 0 Å². The molecule has 8 heteroatoms. The number of hydrogen-bond donors (Lipinski definition) is 2. The van der Waals surface area contributed by atoms with Gasteiger partial charge in [-0.25, -0.2) is 23.1 Å². The fourth-order valence-corrected chi connectivity index (χ4v) is 4.44. The fraction of sp³-hybridized carbons (Fsp3) is 0.667. The van der Waals surface area contributed by atoms with Crippen molar-refractivity contribution in [2.45, 2.75) is 41.7 Å². The Morgan fingerprint density at radius 1 is 1.30 bits per heavy atom. The number of nitrogen functional groups attached to an aromatic ring is 1. The van der Waals surface area contributed by atoms with Gasteiger partial charge in [-0.1, -0.05) is 19.3 Å². The van der Waals surface area contributed by atoms with Crippen molar-refractivity contribution in [1.29, 1.82) is 0 Å². The Hall–Kier alpha value is -0.860. The van der Waals surface area contributed by atoms with Crippen molar-refractivity contribution in [1.82, 2.24) is 14.7 Å². The summed E-state index contributed by atoms with van der Waals surface area (Å²) in [6.07, 6.45) is 10.2. The van der Waals surface area contributed by atoms with Crippen LogP contribution in [0.25, 0.3) is 0 Å². The number of nitrogens with zero attached hydrogens (tertiary/aromatic N) is 2. The van der Waals surface area contributed by atoms with Crippen molar-refractivity contribution in [2.75, 3.05) is 18.5 Å². The van der Waals surface area contributed by atoms with Crippen LogP contribution in [-0.4, -0.2) is 35.9 Å². The van der Waals surface area contributed by atoms with Crippen LogP contribution in [0.1, 0.15) is 32.1 Å². The molecule has 1 heterocycles. The quantitative estimate of drug-likeness (QED) is 0.852. The van der Waals surface area contributed by atoms with Gasteiger partial charge in [-0.2, -0.15) is 11.8 Å². The van der Waals surface area contributed by atoms with Gasteiger partial charge in [0.1, 0.15) is 4.90 Å². The molecule has 0 saturated heterocycles. The van der Waals surface area contributed by atoms with Crippen molar-refractivity contribution in [3.8, 4) is 0 Å². The van der Waals surface area contributed by atoms with Crippen LogP contribution in [0.2, 0.25) is 0 Å². The molecule has 112 valence electrons. The Morgan fingerprint density at radius 3 is 2.45 bits per heavy atom. The highest BCUT2D eigenvalue weighted by atomic mass is 32.2. The maximum atomic E-state index is 12.2. The minimum absolute atomic E-state index is 0.0139. The second-order valence-electron chi connectivity index (χ2n) is 5.05. The van der Waals surface area contributed by atoms with Crippen LogP contribution in [-0.2, 0) is 10.0 Å². The zero-order valence-corrected chi connectivity index (χ0v) is 13.1. The standard InChI is InChI=1S/C12H20N4O2S2/c1-19-12(5-3-2-4-6-12)9-16-20(17,18)10-7-14-11(13)15-8-10/h7-8,16H,2-6,9H2,1H3,(H2,13,14,15). The Balaban J connectivity index is 2.06. The van der Waals surface area contributed by atoms with Gasteiger partial charge in [0, 0.05) is 11.3 Å². The number of anilines is 1. The van der Waals surface area contributed by atoms with E-state index in [0.29, 0.717) is 6.54 Å². The van der Waals surface area contributed by atoms with Gasteiger partial charge in [-0.15, -0.1) is 0 Å². The summed E-state index contributed by atoms with van der Waals surface area (Å²) in [4.78, 5) is 7.49. The van der Waals surface area contributed by atoms with E-state index in [9.17, 15) is 8.42 Å². The van der Waals surface area contributed by atoms with Gasteiger partial charge in [0.15, 0.2) is 0 Å². The van der Waals surface area contributed by atoms with Crippen LogP contribution in [0.15, 0.2) is 17.3 Å².